The number of benzene rings is 1. The number of piperazine rings is 1. The zero-order valence-corrected chi connectivity index (χ0v) is 24.8. The lowest BCUT2D eigenvalue weighted by Gasteiger charge is -2.59. The summed E-state index contributed by atoms with van der Waals surface area (Å²) in [4.78, 5) is 42.1. The molecule has 0 aromatic heterocycles. The van der Waals surface area contributed by atoms with Gasteiger partial charge in [-0.05, 0) is 55.7 Å². The summed E-state index contributed by atoms with van der Waals surface area (Å²) in [6, 6.07) is 6.01. The molecule has 0 unspecified atom stereocenters. The van der Waals surface area contributed by atoms with Crippen molar-refractivity contribution in [3.8, 4) is 11.5 Å². The molecule has 8 rings (SSSR count). The minimum atomic E-state index is -0.881. The van der Waals surface area contributed by atoms with Gasteiger partial charge in [0.25, 0.3) is 0 Å². The third-order valence-electron chi connectivity index (χ3n) is 10.5. The molecule has 11 nitrogen and oxygen atoms in total. The molecule has 6 heterocycles. The van der Waals surface area contributed by atoms with Gasteiger partial charge in [-0.15, -0.1) is 0 Å². The van der Waals surface area contributed by atoms with E-state index in [0.717, 1.165) is 62.4 Å². The topological polar surface area (TPSA) is 105 Å². The summed E-state index contributed by atoms with van der Waals surface area (Å²) in [6.07, 6.45) is 2.38. The van der Waals surface area contributed by atoms with Gasteiger partial charge in [-0.2, -0.15) is 0 Å². The molecule has 6 aliphatic heterocycles. The number of hydrogen-bond donors (Lipinski definition) is 0. The van der Waals surface area contributed by atoms with Crippen LogP contribution in [0.3, 0.4) is 0 Å². The largest absolute Gasteiger partial charge is 0.454 e. The SMILES string of the molecule is C[C@H]1[C@H](OC(=O)CCC(=O)N2CCN(Cc3ccc4c(c3)OCO4)CC2)O[C@@H]2O[C@@]3(C)CC[C@H]4[C@H](C)CC[C@@H]1[C@@]24OO3. The molecule has 230 valence electrons. The van der Waals surface area contributed by atoms with Crippen molar-refractivity contribution in [3.63, 3.8) is 0 Å². The van der Waals surface area contributed by atoms with E-state index in [9.17, 15) is 9.59 Å². The molecule has 1 saturated carbocycles. The van der Waals surface area contributed by atoms with Crippen molar-refractivity contribution in [2.24, 2.45) is 23.7 Å². The Labute approximate surface area is 246 Å². The van der Waals surface area contributed by atoms with Crippen molar-refractivity contribution in [2.75, 3.05) is 33.0 Å². The van der Waals surface area contributed by atoms with Gasteiger partial charge >= 0.3 is 5.97 Å². The summed E-state index contributed by atoms with van der Waals surface area (Å²) in [7, 11) is 0. The van der Waals surface area contributed by atoms with Crippen LogP contribution in [0.25, 0.3) is 0 Å². The van der Waals surface area contributed by atoms with Gasteiger partial charge in [-0.25, -0.2) is 9.78 Å². The Bertz CT molecular complexity index is 1200. The van der Waals surface area contributed by atoms with Crippen molar-refractivity contribution in [2.45, 2.75) is 89.8 Å². The van der Waals surface area contributed by atoms with E-state index in [2.05, 4.69) is 18.7 Å². The number of carbonyl (C=O) groups excluding carboxylic acids is 2. The van der Waals surface area contributed by atoms with Gasteiger partial charge in [0.15, 0.2) is 23.4 Å². The fourth-order valence-corrected chi connectivity index (χ4v) is 8.02. The van der Waals surface area contributed by atoms with Crippen molar-refractivity contribution in [3.05, 3.63) is 23.8 Å². The molecule has 6 fully saturated rings. The van der Waals surface area contributed by atoms with E-state index in [-0.39, 0.29) is 43.3 Å². The fraction of sp³-hybridized carbons (Fsp3) is 0.742. The molecule has 7 aliphatic rings. The van der Waals surface area contributed by atoms with Gasteiger partial charge in [0.05, 0.1) is 6.42 Å². The van der Waals surface area contributed by atoms with Crippen LogP contribution in [0.15, 0.2) is 18.2 Å². The highest BCUT2D eigenvalue weighted by atomic mass is 17.3. The Morgan fingerprint density at radius 3 is 2.62 bits per heavy atom. The highest BCUT2D eigenvalue weighted by Gasteiger charge is 2.69. The van der Waals surface area contributed by atoms with E-state index < -0.39 is 29.9 Å². The third kappa shape index (κ3) is 4.96. The predicted molar refractivity (Wildman–Crippen MR) is 147 cm³/mol. The van der Waals surface area contributed by atoms with Gasteiger partial charge < -0.3 is 28.6 Å². The number of fused-ring (bicyclic) bond motifs is 3. The fourth-order valence-electron chi connectivity index (χ4n) is 8.02. The molecule has 8 atom stereocenters. The molecule has 1 amide bonds. The summed E-state index contributed by atoms with van der Waals surface area (Å²) < 4.78 is 29.4. The summed E-state index contributed by atoms with van der Waals surface area (Å²) in [5.74, 6) is 0.913. The third-order valence-corrected chi connectivity index (χ3v) is 10.5. The zero-order valence-electron chi connectivity index (χ0n) is 24.8. The van der Waals surface area contributed by atoms with Crippen LogP contribution in [0, 0.1) is 23.7 Å². The van der Waals surface area contributed by atoms with Crippen LogP contribution in [0.1, 0.15) is 64.9 Å². The molecule has 42 heavy (non-hydrogen) atoms. The molecule has 1 spiro atoms. The summed E-state index contributed by atoms with van der Waals surface area (Å²) in [5, 5.41) is 0. The van der Waals surface area contributed by atoms with E-state index in [1.54, 1.807) is 0 Å². The van der Waals surface area contributed by atoms with Gasteiger partial charge in [0, 0.05) is 57.4 Å². The van der Waals surface area contributed by atoms with Gasteiger partial charge in [0.2, 0.25) is 24.8 Å². The maximum Gasteiger partial charge on any atom is 0.308 e. The smallest absolute Gasteiger partial charge is 0.308 e. The normalized spacial score (nSPS) is 39.0. The van der Waals surface area contributed by atoms with E-state index in [0.29, 0.717) is 19.0 Å². The van der Waals surface area contributed by atoms with Crippen LogP contribution in [0.5, 0.6) is 11.5 Å². The van der Waals surface area contributed by atoms with Gasteiger partial charge in [0.1, 0.15) is 0 Å². The minimum Gasteiger partial charge on any atom is -0.454 e. The number of hydrogen-bond acceptors (Lipinski definition) is 10. The van der Waals surface area contributed by atoms with E-state index >= 15 is 0 Å². The first-order valence-corrected chi connectivity index (χ1v) is 15.5. The Kier molecular flexibility index (Phi) is 7.37. The second-order valence-electron chi connectivity index (χ2n) is 13.1. The predicted octanol–water partition coefficient (Wildman–Crippen LogP) is 3.59. The maximum absolute atomic E-state index is 13.0. The van der Waals surface area contributed by atoms with Crippen LogP contribution in [-0.4, -0.2) is 78.6 Å². The average molecular weight is 587 g/mol. The van der Waals surface area contributed by atoms with Crippen molar-refractivity contribution in [1.29, 1.82) is 0 Å². The lowest BCUT2D eigenvalue weighted by molar-refractivity contribution is -0.576. The van der Waals surface area contributed by atoms with Crippen molar-refractivity contribution < 1.29 is 43.0 Å². The number of rotatable bonds is 6. The van der Waals surface area contributed by atoms with Gasteiger partial charge in [-0.1, -0.05) is 19.9 Å². The van der Waals surface area contributed by atoms with Crippen molar-refractivity contribution >= 4 is 11.9 Å². The highest BCUT2D eigenvalue weighted by Crippen LogP contribution is 2.60. The molecule has 0 N–H and O–H groups in total. The first-order valence-electron chi connectivity index (χ1n) is 15.5. The Morgan fingerprint density at radius 1 is 0.976 bits per heavy atom. The molecular weight excluding hydrogens is 544 g/mol. The minimum absolute atomic E-state index is 0.0150. The first kappa shape index (κ1) is 28.3. The second-order valence-corrected chi connectivity index (χ2v) is 13.1. The number of esters is 1. The highest BCUT2D eigenvalue weighted by molar-refractivity contribution is 5.81. The van der Waals surface area contributed by atoms with E-state index in [1.165, 1.54) is 0 Å². The number of amides is 1. The molecule has 5 saturated heterocycles. The molecule has 2 bridgehead atoms. The number of nitrogens with zero attached hydrogens (tertiary/aromatic N) is 2. The molecule has 1 aromatic rings. The Balaban J connectivity index is 0.904. The Morgan fingerprint density at radius 2 is 1.79 bits per heavy atom. The van der Waals surface area contributed by atoms with Crippen LogP contribution < -0.4 is 9.47 Å². The standard InChI is InChI=1S/C31H42N2O9/c1-19-4-6-23-20(2)28(39-29-31(23)22(19)10-11-30(3,40-29)41-42-31)38-27(35)9-8-26(34)33-14-12-32(13-15-33)17-21-5-7-24-25(16-21)37-18-36-24/h5,7,16,19-20,22-23,28-29H,4,6,8-15,17-18H2,1-3H3/t19-,20-,22+,23+,28-,29-,30-,31-/m1/s1. The summed E-state index contributed by atoms with van der Waals surface area (Å²) >= 11 is 0. The molecule has 1 aromatic carbocycles. The van der Waals surface area contributed by atoms with Crippen LogP contribution >= 0.6 is 0 Å². The zero-order chi connectivity index (χ0) is 29.1. The summed E-state index contributed by atoms with van der Waals surface area (Å²) in [6.45, 7) is 10.0. The Hall–Kier alpha value is -2.44. The van der Waals surface area contributed by atoms with Crippen LogP contribution in [0.2, 0.25) is 0 Å². The second kappa shape index (κ2) is 10.9. The molecule has 0 radical (unpaired) electrons. The maximum atomic E-state index is 13.0. The first-order chi connectivity index (χ1) is 20.2. The lowest BCUT2D eigenvalue weighted by atomic mass is 9.58. The molecule has 11 heteroatoms. The average Bonchev–Trinajstić information content (AvgIpc) is 3.33. The van der Waals surface area contributed by atoms with E-state index in [1.807, 2.05) is 30.0 Å². The van der Waals surface area contributed by atoms with Gasteiger partial charge in [-0.3, -0.25) is 14.5 Å². The molecular formula is C31H42N2O9. The van der Waals surface area contributed by atoms with Crippen molar-refractivity contribution in [1.82, 2.24) is 9.80 Å². The number of ether oxygens (including phenoxy) is 5. The van der Waals surface area contributed by atoms with E-state index in [4.69, 9.17) is 33.5 Å². The lowest BCUT2D eigenvalue weighted by Crippen LogP contribution is -2.70. The van der Waals surface area contributed by atoms with Crippen LogP contribution in [-0.2, 0) is 40.1 Å². The monoisotopic (exact) mass is 586 g/mol. The summed E-state index contributed by atoms with van der Waals surface area (Å²) in [5.41, 5.74) is 0.456. The molecule has 1 aliphatic carbocycles. The quantitative estimate of drug-likeness (QED) is 0.363. The van der Waals surface area contributed by atoms with Crippen LogP contribution in [0.4, 0.5) is 0 Å². The number of carbonyl (C=O) groups is 2.